The normalized spacial score (nSPS) is 11.4. The van der Waals surface area contributed by atoms with Crippen LogP contribution in [0, 0.1) is 13.8 Å². The summed E-state index contributed by atoms with van der Waals surface area (Å²) in [5, 5.41) is 2.71. The van der Waals surface area contributed by atoms with Crippen molar-refractivity contribution in [3.05, 3.63) is 47.5 Å². The van der Waals surface area contributed by atoms with E-state index in [1.807, 2.05) is 39.0 Å². The zero-order valence-electron chi connectivity index (χ0n) is 18.2. The molecule has 8 heteroatoms. The molecule has 0 aliphatic carbocycles. The summed E-state index contributed by atoms with van der Waals surface area (Å²) < 4.78 is 38.1. The first-order valence-electron chi connectivity index (χ1n) is 9.99. The van der Waals surface area contributed by atoms with Gasteiger partial charge in [0.2, 0.25) is 10.0 Å². The maximum absolute atomic E-state index is 12.8. The van der Waals surface area contributed by atoms with Crippen LogP contribution in [0.5, 0.6) is 11.5 Å². The molecule has 0 aromatic heterocycles. The second-order valence-corrected chi connectivity index (χ2v) is 8.78. The van der Waals surface area contributed by atoms with Gasteiger partial charge in [0.25, 0.3) is 5.91 Å². The largest absolute Gasteiger partial charge is 0.492 e. The Hall–Kier alpha value is -2.58. The van der Waals surface area contributed by atoms with Gasteiger partial charge in [-0.25, -0.2) is 8.42 Å². The highest BCUT2D eigenvalue weighted by Crippen LogP contribution is 2.29. The Kier molecular flexibility index (Phi) is 8.25. The predicted molar refractivity (Wildman–Crippen MR) is 118 cm³/mol. The molecule has 2 rings (SSSR count). The first-order chi connectivity index (χ1) is 14.2. The number of amides is 1. The highest BCUT2D eigenvalue weighted by atomic mass is 32.2. The van der Waals surface area contributed by atoms with Crippen LogP contribution in [0.1, 0.15) is 31.9 Å². The maximum Gasteiger partial charge on any atom is 0.262 e. The topological polar surface area (TPSA) is 84.9 Å². The molecule has 0 radical (unpaired) electrons. The Morgan fingerprint density at radius 3 is 2.17 bits per heavy atom. The lowest BCUT2D eigenvalue weighted by molar-refractivity contribution is -0.118. The van der Waals surface area contributed by atoms with Gasteiger partial charge in [-0.2, -0.15) is 4.31 Å². The molecule has 0 fully saturated rings. The smallest absolute Gasteiger partial charge is 0.262 e. The highest BCUT2D eigenvalue weighted by molar-refractivity contribution is 7.89. The maximum atomic E-state index is 12.8. The lowest BCUT2D eigenvalue weighted by atomic mass is 10.1. The fraction of sp³-hybridized carbons (Fsp3) is 0.409. The zero-order chi connectivity index (χ0) is 22.3. The fourth-order valence-corrected chi connectivity index (χ4v) is 4.60. The van der Waals surface area contributed by atoms with Crippen LogP contribution in [0.3, 0.4) is 0 Å². The van der Waals surface area contributed by atoms with Crippen LogP contribution in [0.25, 0.3) is 0 Å². The number of hydrogen-bond donors (Lipinski definition) is 1. The third kappa shape index (κ3) is 5.96. The quantitative estimate of drug-likeness (QED) is 0.616. The van der Waals surface area contributed by atoms with Crippen molar-refractivity contribution in [3.63, 3.8) is 0 Å². The number of sulfonamides is 1. The van der Waals surface area contributed by atoms with Crippen LogP contribution in [-0.4, -0.2) is 44.9 Å². The van der Waals surface area contributed by atoms with Crippen LogP contribution >= 0.6 is 0 Å². The summed E-state index contributed by atoms with van der Waals surface area (Å²) in [6, 6.07) is 10.2. The van der Waals surface area contributed by atoms with Gasteiger partial charge in [0.05, 0.1) is 17.2 Å². The van der Waals surface area contributed by atoms with Gasteiger partial charge in [-0.3, -0.25) is 4.79 Å². The van der Waals surface area contributed by atoms with Crippen LogP contribution in [0.4, 0.5) is 5.69 Å². The summed E-state index contributed by atoms with van der Waals surface area (Å²) in [5.74, 6) is 0.591. The molecule has 0 saturated carbocycles. The summed E-state index contributed by atoms with van der Waals surface area (Å²) in [6.07, 6.45) is 0. The third-order valence-corrected chi connectivity index (χ3v) is 6.48. The Balaban J connectivity index is 2.22. The summed E-state index contributed by atoms with van der Waals surface area (Å²) in [4.78, 5) is 12.6. The van der Waals surface area contributed by atoms with Crippen LogP contribution < -0.4 is 14.8 Å². The monoisotopic (exact) mass is 434 g/mol. The van der Waals surface area contributed by atoms with Gasteiger partial charge in [0.15, 0.2) is 6.61 Å². The van der Waals surface area contributed by atoms with Gasteiger partial charge in [-0.05, 0) is 62.2 Å². The molecule has 0 spiro atoms. The SMILES string of the molecule is CCOc1ccc(S(=O)(=O)N(CC)CC)cc1NC(=O)COc1cc(C)cc(C)c1. The van der Waals surface area contributed by atoms with E-state index in [9.17, 15) is 13.2 Å². The Labute approximate surface area is 179 Å². The third-order valence-electron chi connectivity index (χ3n) is 4.43. The van der Waals surface area contributed by atoms with Crippen molar-refractivity contribution in [2.24, 2.45) is 0 Å². The number of anilines is 1. The second kappa shape index (κ2) is 10.4. The molecular formula is C22H30N2O5S. The van der Waals surface area contributed by atoms with Crippen molar-refractivity contribution in [2.45, 2.75) is 39.5 Å². The number of carbonyl (C=O) groups is 1. The molecule has 30 heavy (non-hydrogen) atoms. The Morgan fingerprint density at radius 1 is 0.967 bits per heavy atom. The van der Waals surface area contributed by atoms with E-state index in [0.29, 0.717) is 36.9 Å². The first kappa shape index (κ1) is 23.7. The minimum Gasteiger partial charge on any atom is -0.492 e. The van der Waals surface area contributed by atoms with E-state index >= 15 is 0 Å². The van der Waals surface area contributed by atoms with E-state index < -0.39 is 15.9 Å². The number of aryl methyl sites for hydroxylation is 2. The summed E-state index contributed by atoms with van der Waals surface area (Å²) in [5.41, 5.74) is 2.37. The minimum absolute atomic E-state index is 0.0974. The van der Waals surface area contributed by atoms with Gasteiger partial charge in [0.1, 0.15) is 11.5 Å². The standard InChI is InChI=1S/C22H30N2O5S/c1-6-24(7-2)30(26,27)19-9-10-21(28-8-3)20(14-19)23-22(25)15-29-18-12-16(4)11-17(5)13-18/h9-14H,6-8,15H2,1-5H3,(H,23,25). The van der Waals surface area contributed by atoms with Crippen molar-refractivity contribution in [1.82, 2.24) is 4.31 Å². The predicted octanol–water partition coefficient (Wildman–Crippen LogP) is 3.75. The number of carbonyl (C=O) groups excluding carboxylic acids is 1. The average Bonchev–Trinajstić information content (AvgIpc) is 2.68. The van der Waals surface area contributed by atoms with Gasteiger partial charge in [0, 0.05) is 13.1 Å². The molecular weight excluding hydrogens is 404 g/mol. The summed E-state index contributed by atoms with van der Waals surface area (Å²) in [7, 11) is -3.66. The second-order valence-electron chi connectivity index (χ2n) is 6.84. The molecule has 0 heterocycles. The van der Waals surface area contributed by atoms with Gasteiger partial charge in [-0.15, -0.1) is 0 Å². The molecule has 164 valence electrons. The van der Waals surface area contributed by atoms with E-state index in [1.165, 1.54) is 16.4 Å². The molecule has 0 atom stereocenters. The molecule has 0 bridgehead atoms. The molecule has 0 unspecified atom stereocenters. The van der Waals surface area contributed by atoms with Crippen molar-refractivity contribution < 1.29 is 22.7 Å². The zero-order valence-corrected chi connectivity index (χ0v) is 19.0. The number of nitrogens with one attached hydrogen (secondary N) is 1. The molecule has 1 N–H and O–H groups in total. The van der Waals surface area contributed by atoms with Crippen LogP contribution in [-0.2, 0) is 14.8 Å². The van der Waals surface area contributed by atoms with Crippen molar-refractivity contribution in [3.8, 4) is 11.5 Å². The Morgan fingerprint density at radius 2 is 1.60 bits per heavy atom. The molecule has 1 amide bonds. The number of rotatable bonds is 10. The molecule has 0 saturated heterocycles. The van der Waals surface area contributed by atoms with Gasteiger partial charge in [-0.1, -0.05) is 19.9 Å². The highest BCUT2D eigenvalue weighted by Gasteiger charge is 2.23. The lowest BCUT2D eigenvalue weighted by Crippen LogP contribution is -2.30. The van der Waals surface area contributed by atoms with E-state index in [0.717, 1.165) is 11.1 Å². The fourth-order valence-electron chi connectivity index (χ4n) is 3.11. The first-order valence-corrected chi connectivity index (χ1v) is 11.4. The number of ether oxygens (including phenoxy) is 2. The lowest BCUT2D eigenvalue weighted by Gasteiger charge is -2.20. The van der Waals surface area contributed by atoms with Gasteiger partial charge >= 0.3 is 0 Å². The average molecular weight is 435 g/mol. The van der Waals surface area contributed by atoms with Crippen molar-refractivity contribution in [2.75, 3.05) is 31.6 Å². The van der Waals surface area contributed by atoms with E-state index in [4.69, 9.17) is 9.47 Å². The van der Waals surface area contributed by atoms with Crippen molar-refractivity contribution >= 4 is 21.6 Å². The molecule has 0 aliphatic rings. The molecule has 2 aromatic rings. The summed E-state index contributed by atoms with van der Waals surface area (Å²) in [6.45, 7) is 10.2. The van der Waals surface area contributed by atoms with E-state index in [1.54, 1.807) is 19.9 Å². The number of hydrogen-bond acceptors (Lipinski definition) is 5. The van der Waals surface area contributed by atoms with E-state index in [-0.39, 0.29) is 11.5 Å². The van der Waals surface area contributed by atoms with Gasteiger partial charge < -0.3 is 14.8 Å². The molecule has 2 aromatic carbocycles. The Bertz CT molecular complexity index is 965. The number of benzene rings is 2. The summed E-state index contributed by atoms with van der Waals surface area (Å²) >= 11 is 0. The van der Waals surface area contributed by atoms with Crippen LogP contribution in [0.2, 0.25) is 0 Å². The van der Waals surface area contributed by atoms with Crippen molar-refractivity contribution in [1.29, 1.82) is 0 Å². The minimum atomic E-state index is -3.66. The number of nitrogens with zero attached hydrogens (tertiary/aromatic N) is 1. The molecule has 7 nitrogen and oxygen atoms in total. The van der Waals surface area contributed by atoms with Crippen LogP contribution in [0.15, 0.2) is 41.3 Å². The van der Waals surface area contributed by atoms with E-state index in [2.05, 4.69) is 5.32 Å². The molecule has 0 aliphatic heterocycles.